The first kappa shape index (κ1) is 22.4. The Hall–Kier alpha value is -2.93. The number of methoxy groups -OCH3 is 3. The Bertz CT molecular complexity index is 780. The molecule has 0 aliphatic rings. The molecule has 0 spiro atoms. The Kier molecular flexibility index (Phi) is 9.65. The van der Waals surface area contributed by atoms with E-state index >= 15 is 0 Å². The van der Waals surface area contributed by atoms with Crippen molar-refractivity contribution in [3.05, 3.63) is 48.0 Å². The number of ether oxygens (including phenoxy) is 4. The first-order valence-electron chi connectivity index (χ1n) is 9.60. The normalized spacial score (nSPS) is 11.1. The monoisotopic (exact) mass is 401 g/mol. The Labute approximate surface area is 173 Å². The van der Waals surface area contributed by atoms with E-state index in [0.717, 1.165) is 47.9 Å². The van der Waals surface area contributed by atoms with Crippen LogP contribution in [0.4, 0.5) is 5.69 Å². The first-order valence-corrected chi connectivity index (χ1v) is 9.60. The Balaban J connectivity index is 1.85. The van der Waals surface area contributed by atoms with Crippen molar-refractivity contribution in [2.45, 2.75) is 12.8 Å². The molecule has 0 unspecified atom stereocenters. The van der Waals surface area contributed by atoms with E-state index in [1.807, 2.05) is 42.5 Å². The molecule has 2 rings (SSSR count). The summed E-state index contributed by atoms with van der Waals surface area (Å²) in [5, 5.41) is 6.61. The van der Waals surface area contributed by atoms with E-state index in [1.54, 1.807) is 28.4 Å². The Morgan fingerprint density at radius 2 is 1.79 bits per heavy atom. The predicted molar refractivity (Wildman–Crippen MR) is 117 cm³/mol. The van der Waals surface area contributed by atoms with Gasteiger partial charge in [0.1, 0.15) is 5.75 Å². The minimum Gasteiger partial charge on any atom is -0.493 e. The fraction of sp³-hybridized carbons (Fsp3) is 0.409. The molecule has 0 aromatic heterocycles. The maximum atomic E-state index is 5.74. The van der Waals surface area contributed by atoms with Crippen LogP contribution < -0.4 is 24.8 Å². The lowest BCUT2D eigenvalue weighted by Gasteiger charge is -2.14. The fourth-order valence-electron chi connectivity index (χ4n) is 2.73. The molecule has 0 saturated carbocycles. The topological polar surface area (TPSA) is 73.3 Å². The summed E-state index contributed by atoms with van der Waals surface area (Å²) in [5.41, 5.74) is 2.06. The van der Waals surface area contributed by atoms with Crippen molar-refractivity contribution in [2.75, 3.05) is 53.5 Å². The van der Waals surface area contributed by atoms with Gasteiger partial charge in [-0.15, -0.1) is 0 Å². The van der Waals surface area contributed by atoms with E-state index in [2.05, 4.69) is 15.6 Å². The summed E-state index contributed by atoms with van der Waals surface area (Å²) in [5.74, 6) is 2.97. The number of nitrogens with zero attached hydrogens (tertiary/aromatic N) is 1. The van der Waals surface area contributed by atoms with Crippen molar-refractivity contribution in [1.29, 1.82) is 0 Å². The van der Waals surface area contributed by atoms with Crippen molar-refractivity contribution >= 4 is 11.6 Å². The van der Waals surface area contributed by atoms with Gasteiger partial charge < -0.3 is 29.6 Å². The van der Waals surface area contributed by atoms with Gasteiger partial charge in [-0.2, -0.15) is 0 Å². The number of hydrogen-bond acceptors (Lipinski definition) is 5. The van der Waals surface area contributed by atoms with Crippen LogP contribution in [0.2, 0.25) is 0 Å². The zero-order valence-corrected chi connectivity index (χ0v) is 17.7. The van der Waals surface area contributed by atoms with Gasteiger partial charge in [0.15, 0.2) is 17.5 Å². The zero-order valence-electron chi connectivity index (χ0n) is 17.7. The average Bonchev–Trinajstić information content (AvgIpc) is 2.76. The van der Waals surface area contributed by atoms with Crippen molar-refractivity contribution in [3.63, 3.8) is 0 Å². The van der Waals surface area contributed by atoms with E-state index < -0.39 is 0 Å². The molecule has 2 aromatic rings. The van der Waals surface area contributed by atoms with Gasteiger partial charge in [-0.3, -0.25) is 4.99 Å². The van der Waals surface area contributed by atoms with Crippen LogP contribution in [0.5, 0.6) is 17.2 Å². The first-order chi connectivity index (χ1) is 14.2. The van der Waals surface area contributed by atoms with Crippen LogP contribution in [-0.2, 0) is 11.2 Å². The highest BCUT2D eigenvalue weighted by Gasteiger charge is 2.05. The molecule has 0 aliphatic heterocycles. The lowest BCUT2D eigenvalue weighted by molar-refractivity contribution is 0.172. The molecule has 0 amide bonds. The summed E-state index contributed by atoms with van der Waals surface area (Å²) in [6.45, 7) is 2.03. The highest BCUT2D eigenvalue weighted by Crippen LogP contribution is 2.27. The van der Waals surface area contributed by atoms with Gasteiger partial charge in [0.25, 0.3) is 0 Å². The van der Waals surface area contributed by atoms with Crippen LogP contribution in [-0.4, -0.2) is 54.1 Å². The lowest BCUT2D eigenvalue weighted by atomic mass is 10.1. The largest absolute Gasteiger partial charge is 0.493 e. The van der Waals surface area contributed by atoms with Crippen LogP contribution in [0.25, 0.3) is 0 Å². The van der Waals surface area contributed by atoms with Crippen LogP contribution in [0.15, 0.2) is 47.5 Å². The van der Waals surface area contributed by atoms with Crippen LogP contribution in [0, 0.1) is 0 Å². The molecule has 2 aromatic carbocycles. The smallest absolute Gasteiger partial charge is 0.195 e. The van der Waals surface area contributed by atoms with E-state index in [9.17, 15) is 0 Å². The van der Waals surface area contributed by atoms with Crippen LogP contribution in [0.1, 0.15) is 12.0 Å². The Morgan fingerprint density at radius 3 is 2.52 bits per heavy atom. The summed E-state index contributed by atoms with van der Waals surface area (Å²) in [4.78, 5) is 4.28. The van der Waals surface area contributed by atoms with E-state index in [0.29, 0.717) is 19.2 Å². The molecule has 0 fully saturated rings. The standard InChI is InChI=1S/C22H31N3O4/c1-23-22(24-12-11-17-9-10-20(27-3)21(15-17)28-4)25-18-7-5-8-19(16-18)29-14-6-13-26-2/h5,7-10,15-16H,6,11-14H2,1-4H3,(H2,23,24,25). The molecule has 29 heavy (non-hydrogen) atoms. The number of aliphatic imine (C=N–C) groups is 1. The second-order valence-electron chi connectivity index (χ2n) is 6.29. The highest BCUT2D eigenvalue weighted by molar-refractivity contribution is 5.93. The minimum atomic E-state index is 0.621. The maximum Gasteiger partial charge on any atom is 0.195 e. The third-order valence-electron chi connectivity index (χ3n) is 4.24. The van der Waals surface area contributed by atoms with Crippen molar-refractivity contribution < 1.29 is 18.9 Å². The molecular weight excluding hydrogens is 370 g/mol. The number of rotatable bonds is 11. The molecule has 0 aliphatic carbocycles. The van der Waals surface area contributed by atoms with Gasteiger partial charge in [-0.25, -0.2) is 0 Å². The van der Waals surface area contributed by atoms with Gasteiger partial charge in [0.05, 0.1) is 20.8 Å². The molecule has 0 heterocycles. The molecule has 7 nitrogen and oxygen atoms in total. The zero-order chi connectivity index (χ0) is 20.9. The molecule has 0 saturated heterocycles. The number of benzene rings is 2. The van der Waals surface area contributed by atoms with Crippen molar-refractivity contribution in [1.82, 2.24) is 5.32 Å². The molecule has 7 heteroatoms. The highest BCUT2D eigenvalue weighted by atomic mass is 16.5. The minimum absolute atomic E-state index is 0.621. The van der Waals surface area contributed by atoms with E-state index in [-0.39, 0.29) is 0 Å². The quantitative estimate of drug-likeness (QED) is 0.342. The lowest BCUT2D eigenvalue weighted by Crippen LogP contribution is -2.32. The molecular formula is C22H31N3O4. The van der Waals surface area contributed by atoms with Gasteiger partial charge in [0.2, 0.25) is 0 Å². The maximum absolute atomic E-state index is 5.74. The summed E-state index contributed by atoms with van der Waals surface area (Å²) >= 11 is 0. The van der Waals surface area contributed by atoms with Crippen molar-refractivity contribution in [2.24, 2.45) is 4.99 Å². The molecule has 0 radical (unpaired) electrons. The van der Waals surface area contributed by atoms with Crippen molar-refractivity contribution in [3.8, 4) is 17.2 Å². The summed E-state index contributed by atoms with van der Waals surface area (Å²) in [7, 11) is 6.71. The number of hydrogen-bond donors (Lipinski definition) is 2. The number of anilines is 1. The summed E-state index contributed by atoms with van der Waals surface area (Å²) in [6, 6.07) is 13.7. The second-order valence-corrected chi connectivity index (χ2v) is 6.29. The molecule has 0 bridgehead atoms. The number of guanidine groups is 1. The predicted octanol–water partition coefficient (Wildman–Crippen LogP) is 3.35. The number of nitrogens with one attached hydrogen (secondary N) is 2. The van der Waals surface area contributed by atoms with E-state index in [4.69, 9.17) is 18.9 Å². The molecule has 158 valence electrons. The fourth-order valence-corrected chi connectivity index (χ4v) is 2.73. The third kappa shape index (κ3) is 7.54. The van der Waals surface area contributed by atoms with Crippen LogP contribution in [0.3, 0.4) is 0 Å². The third-order valence-corrected chi connectivity index (χ3v) is 4.24. The van der Waals surface area contributed by atoms with Crippen LogP contribution >= 0.6 is 0 Å². The average molecular weight is 402 g/mol. The second kappa shape index (κ2) is 12.5. The molecule has 0 atom stereocenters. The van der Waals surface area contributed by atoms with Gasteiger partial charge in [-0.05, 0) is 36.2 Å². The SMILES string of the molecule is CN=C(NCCc1ccc(OC)c(OC)c1)Nc1cccc(OCCCOC)c1. The summed E-state index contributed by atoms with van der Waals surface area (Å²) in [6.07, 6.45) is 1.68. The van der Waals surface area contributed by atoms with Gasteiger partial charge >= 0.3 is 0 Å². The summed E-state index contributed by atoms with van der Waals surface area (Å²) < 4.78 is 21.4. The molecule has 2 N–H and O–H groups in total. The van der Waals surface area contributed by atoms with Gasteiger partial charge in [-0.1, -0.05) is 12.1 Å². The van der Waals surface area contributed by atoms with E-state index in [1.165, 1.54) is 0 Å². The van der Waals surface area contributed by atoms with Gasteiger partial charge in [0, 0.05) is 45.5 Å². The Morgan fingerprint density at radius 1 is 0.966 bits per heavy atom.